The van der Waals surface area contributed by atoms with E-state index in [1.54, 1.807) is 24.3 Å². The van der Waals surface area contributed by atoms with E-state index in [9.17, 15) is 9.59 Å². The van der Waals surface area contributed by atoms with Crippen molar-refractivity contribution < 1.29 is 14.3 Å². The molecule has 0 aliphatic carbocycles. The summed E-state index contributed by atoms with van der Waals surface area (Å²) in [7, 11) is 1.51. The van der Waals surface area contributed by atoms with E-state index in [2.05, 4.69) is 17.3 Å². The van der Waals surface area contributed by atoms with Gasteiger partial charge in [-0.15, -0.1) is 11.8 Å². The number of hydrazine groups is 1. The zero-order chi connectivity index (χ0) is 18.2. The van der Waals surface area contributed by atoms with Crippen molar-refractivity contribution in [3.8, 4) is 17.6 Å². The van der Waals surface area contributed by atoms with E-state index in [-0.39, 0.29) is 18.2 Å². The quantitative estimate of drug-likeness (QED) is 0.681. The highest BCUT2D eigenvalue weighted by Crippen LogP contribution is 2.22. The smallest absolute Gasteiger partial charge is 0.276 e. The molecule has 130 valence electrons. The van der Waals surface area contributed by atoms with Crippen LogP contribution in [0.25, 0.3) is 0 Å². The highest BCUT2D eigenvalue weighted by atomic mass is 16.5. The first-order valence-electron chi connectivity index (χ1n) is 8.04. The van der Waals surface area contributed by atoms with Crippen LogP contribution >= 0.6 is 0 Å². The molecular weight excluding hydrogens is 304 g/mol. The Bertz CT molecular complexity index is 636. The van der Waals surface area contributed by atoms with Gasteiger partial charge in [-0.25, -0.2) is 5.01 Å². The summed E-state index contributed by atoms with van der Waals surface area (Å²) in [6.07, 6.45) is 1.49. The number of nitrogens with zero attached hydrogens (tertiary/aromatic N) is 1. The Morgan fingerprint density at radius 2 is 1.88 bits per heavy atom. The highest BCUT2D eigenvalue weighted by molar-refractivity contribution is 5.98. The predicted molar refractivity (Wildman–Crippen MR) is 94.4 cm³/mol. The summed E-state index contributed by atoms with van der Waals surface area (Å²) in [4.78, 5) is 25.0. The molecule has 0 aliphatic rings. The van der Waals surface area contributed by atoms with Gasteiger partial charge in [-0.1, -0.05) is 19.1 Å². The Hall–Kier alpha value is -2.48. The fourth-order valence-corrected chi connectivity index (χ4v) is 2.03. The molecule has 0 atom stereocenters. The summed E-state index contributed by atoms with van der Waals surface area (Å²) in [6, 6.07) is 6.95. The minimum absolute atomic E-state index is 0.237. The zero-order valence-electron chi connectivity index (χ0n) is 15.1. The van der Waals surface area contributed by atoms with Crippen molar-refractivity contribution in [1.82, 2.24) is 10.4 Å². The summed E-state index contributed by atoms with van der Waals surface area (Å²) in [5, 5.41) is 1.35. The minimum atomic E-state index is -0.581. The fraction of sp³-hybridized carbons (Fsp3) is 0.474. The van der Waals surface area contributed by atoms with E-state index in [0.29, 0.717) is 17.7 Å². The van der Waals surface area contributed by atoms with E-state index < -0.39 is 5.54 Å². The first-order chi connectivity index (χ1) is 11.3. The molecule has 1 N–H and O–H groups in total. The van der Waals surface area contributed by atoms with E-state index in [1.807, 2.05) is 27.7 Å². The molecule has 0 spiro atoms. The van der Waals surface area contributed by atoms with Crippen molar-refractivity contribution in [3.63, 3.8) is 0 Å². The lowest BCUT2D eigenvalue weighted by Gasteiger charge is -2.35. The largest absolute Gasteiger partial charge is 0.496 e. The number of ether oxygens (including phenoxy) is 1. The number of benzene rings is 1. The van der Waals surface area contributed by atoms with Crippen LogP contribution in [0.3, 0.4) is 0 Å². The van der Waals surface area contributed by atoms with Crippen molar-refractivity contribution in [2.24, 2.45) is 0 Å². The molecule has 2 amide bonds. The molecule has 1 rings (SSSR count). The molecular formula is C19H26N2O3. The van der Waals surface area contributed by atoms with E-state index in [4.69, 9.17) is 4.74 Å². The molecule has 24 heavy (non-hydrogen) atoms. The van der Waals surface area contributed by atoms with Gasteiger partial charge in [0, 0.05) is 19.3 Å². The molecule has 0 radical (unpaired) electrons. The second kappa shape index (κ2) is 8.97. The number of methoxy groups -OCH3 is 1. The third kappa shape index (κ3) is 5.62. The van der Waals surface area contributed by atoms with Gasteiger partial charge in [0.2, 0.25) is 5.91 Å². The molecule has 0 heterocycles. The SMILES string of the molecule is CCC#CCCC(=O)NN(C(=O)c1ccccc1OC)C(C)(C)C. The number of nitrogens with one attached hydrogen (secondary N) is 1. The lowest BCUT2D eigenvalue weighted by atomic mass is 10.1. The molecule has 1 aromatic carbocycles. The number of para-hydroxylation sites is 1. The maximum Gasteiger partial charge on any atom is 0.276 e. The van der Waals surface area contributed by atoms with Crippen molar-refractivity contribution >= 4 is 11.8 Å². The van der Waals surface area contributed by atoms with Crippen LogP contribution in [0.5, 0.6) is 5.75 Å². The summed E-state index contributed by atoms with van der Waals surface area (Å²) in [5.74, 6) is 5.77. The van der Waals surface area contributed by atoms with Gasteiger partial charge in [0.05, 0.1) is 18.2 Å². The van der Waals surface area contributed by atoms with Gasteiger partial charge in [-0.3, -0.25) is 15.0 Å². The molecule has 0 fully saturated rings. The number of carbonyl (C=O) groups is 2. The molecule has 5 nitrogen and oxygen atoms in total. The number of carbonyl (C=O) groups excluding carboxylic acids is 2. The average molecular weight is 330 g/mol. The van der Waals surface area contributed by atoms with Crippen LogP contribution in [0.2, 0.25) is 0 Å². The van der Waals surface area contributed by atoms with Gasteiger partial charge in [0.25, 0.3) is 5.91 Å². The van der Waals surface area contributed by atoms with Gasteiger partial charge in [-0.05, 0) is 32.9 Å². The Labute approximate surface area is 144 Å². The Morgan fingerprint density at radius 1 is 1.21 bits per heavy atom. The van der Waals surface area contributed by atoms with E-state index in [1.165, 1.54) is 12.1 Å². The van der Waals surface area contributed by atoms with Crippen LogP contribution in [-0.4, -0.2) is 29.5 Å². The lowest BCUT2D eigenvalue weighted by molar-refractivity contribution is -0.126. The summed E-state index contributed by atoms with van der Waals surface area (Å²) in [5.41, 5.74) is 2.53. The van der Waals surface area contributed by atoms with Crippen molar-refractivity contribution in [2.75, 3.05) is 7.11 Å². The van der Waals surface area contributed by atoms with Gasteiger partial charge in [0.1, 0.15) is 5.75 Å². The summed E-state index contributed by atoms with van der Waals surface area (Å²) in [6.45, 7) is 7.53. The van der Waals surface area contributed by atoms with E-state index >= 15 is 0 Å². The predicted octanol–water partition coefficient (Wildman–Crippen LogP) is 3.16. The molecule has 0 aromatic heterocycles. The number of hydrogen-bond donors (Lipinski definition) is 1. The van der Waals surface area contributed by atoms with Gasteiger partial charge < -0.3 is 4.74 Å². The van der Waals surface area contributed by atoms with Gasteiger partial charge in [-0.2, -0.15) is 0 Å². The van der Waals surface area contributed by atoms with Crippen LogP contribution in [-0.2, 0) is 4.79 Å². The maximum atomic E-state index is 12.9. The summed E-state index contributed by atoms with van der Waals surface area (Å²) < 4.78 is 5.25. The first-order valence-corrected chi connectivity index (χ1v) is 8.04. The van der Waals surface area contributed by atoms with E-state index in [0.717, 1.165) is 6.42 Å². The molecule has 5 heteroatoms. The van der Waals surface area contributed by atoms with Crippen LogP contribution in [0.15, 0.2) is 24.3 Å². The lowest BCUT2D eigenvalue weighted by Crippen LogP contribution is -2.55. The Morgan fingerprint density at radius 3 is 2.46 bits per heavy atom. The molecule has 0 unspecified atom stereocenters. The third-order valence-electron chi connectivity index (χ3n) is 3.23. The fourth-order valence-electron chi connectivity index (χ4n) is 2.03. The summed E-state index contributed by atoms with van der Waals surface area (Å²) >= 11 is 0. The second-order valence-electron chi connectivity index (χ2n) is 6.25. The van der Waals surface area contributed by atoms with Gasteiger partial charge in [0.15, 0.2) is 0 Å². The van der Waals surface area contributed by atoms with Crippen LogP contribution in [0, 0.1) is 11.8 Å². The third-order valence-corrected chi connectivity index (χ3v) is 3.23. The highest BCUT2D eigenvalue weighted by Gasteiger charge is 2.30. The maximum absolute atomic E-state index is 12.9. The second-order valence-corrected chi connectivity index (χ2v) is 6.25. The van der Waals surface area contributed by atoms with Crippen molar-refractivity contribution in [3.05, 3.63) is 29.8 Å². The topological polar surface area (TPSA) is 58.6 Å². The van der Waals surface area contributed by atoms with Crippen LogP contribution in [0.1, 0.15) is 57.3 Å². The monoisotopic (exact) mass is 330 g/mol. The van der Waals surface area contributed by atoms with Crippen LogP contribution < -0.4 is 10.2 Å². The normalized spacial score (nSPS) is 10.4. The average Bonchev–Trinajstić information content (AvgIpc) is 2.55. The van der Waals surface area contributed by atoms with Crippen molar-refractivity contribution in [2.45, 2.75) is 52.5 Å². The standard InChI is InChI=1S/C19H26N2O3/c1-6-7-8-9-14-17(22)20-21(19(2,3)4)18(23)15-12-10-11-13-16(15)24-5/h10-13H,6,9,14H2,1-5H3,(H,20,22). The molecule has 0 saturated carbocycles. The van der Waals surface area contributed by atoms with Crippen molar-refractivity contribution in [1.29, 1.82) is 0 Å². The van der Waals surface area contributed by atoms with Crippen LogP contribution in [0.4, 0.5) is 0 Å². The molecule has 1 aromatic rings. The first kappa shape index (κ1) is 19.6. The number of amides is 2. The number of hydrogen-bond acceptors (Lipinski definition) is 3. The zero-order valence-corrected chi connectivity index (χ0v) is 15.1. The number of rotatable bonds is 4. The molecule has 0 aliphatic heterocycles. The molecule has 0 saturated heterocycles. The Kier molecular flexibility index (Phi) is 7.31. The Balaban J connectivity index is 2.93. The molecule has 0 bridgehead atoms. The van der Waals surface area contributed by atoms with Gasteiger partial charge >= 0.3 is 0 Å². The minimum Gasteiger partial charge on any atom is -0.496 e.